The third kappa shape index (κ3) is 3.59. The molecule has 3 N–H and O–H groups in total. The highest BCUT2D eigenvalue weighted by Crippen LogP contribution is 2.21. The first-order valence-corrected chi connectivity index (χ1v) is 7.93. The summed E-state index contributed by atoms with van der Waals surface area (Å²) in [5.41, 5.74) is 5.85. The molecule has 0 fully saturated rings. The Kier molecular flexibility index (Phi) is 4.59. The molecule has 0 unspecified atom stereocenters. The van der Waals surface area contributed by atoms with Gasteiger partial charge in [0.25, 0.3) is 10.0 Å². The minimum atomic E-state index is -3.79. The zero-order valence-electron chi connectivity index (χ0n) is 11.6. The molecule has 0 aliphatic rings. The molecule has 2 aromatic rings. The van der Waals surface area contributed by atoms with E-state index in [1.165, 1.54) is 42.2 Å². The lowest BCUT2D eigenvalue weighted by molar-refractivity contribution is 0.582. The maximum Gasteiger partial charge on any atom is 0.265 e. The first-order valence-electron chi connectivity index (χ1n) is 6.44. The lowest BCUT2D eigenvalue weighted by atomic mass is 10.2. The summed E-state index contributed by atoms with van der Waals surface area (Å²) in [4.78, 5) is 0.0307. The maximum atomic E-state index is 13.4. The first kappa shape index (κ1) is 15.5. The molecule has 0 aliphatic carbocycles. The Labute approximate surface area is 122 Å². The van der Waals surface area contributed by atoms with Crippen molar-refractivity contribution in [2.75, 3.05) is 11.3 Å². The molecule has 0 amide bonds. The Balaban J connectivity index is 2.22. The summed E-state index contributed by atoms with van der Waals surface area (Å²) in [5, 5.41) is 3.97. The number of sulfonamides is 1. The fourth-order valence-electron chi connectivity index (χ4n) is 1.78. The third-order valence-corrected chi connectivity index (χ3v) is 4.34. The van der Waals surface area contributed by atoms with Gasteiger partial charge in [-0.3, -0.25) is 9.40 Å². The molecule has 0 saturated carbocycles. The van der Waals surface area contributed by atoms with E-state index in [0.29, 0.717) is 19.5 Å². The molecule has 0 atom stereocenters. The zero-order valence-corrected chi connectivity index (χ0v) is 12.4. The molecular weight excluding hydrogens is 295 g/mol. The van der Waals surface area contributed by atoms with Gasteiger partial charge in [0.1, 0.15) is 10.7 Å². The van der Waals surface area contributed by atoms with Crippen LogP contribution in [0.25, 0.3) is 0 Å². The molecule has 1 aromatic heterocycles. The van der Waals surface area contributed by atoms with Crippen molar-refractivity contribution in [3.05, 3.63) is 42.0 Å². The van der Waals surface area contributed by atoms with Gasteiger partial charge in [-0.05, 0) is 32.0 Å². The number of nitrogens with zero attached hydrogens (tertiary/aromatic N) is 2. The summed E-state index contributed by atoms with van der Waals surface area (Å²) in [5.74, 6) is -0.464. The Hall–Kier alpha value is -1.93. The van der Waals surface area contributed by atoms with Gasteiger partial charge >= 0.3 is 0 Å². The highest BCUT2D eigenvalue weighted by atomic mass is 32.2. The number of aryl methyl sites for hydroxylation is 1. The molecule has 1 heterocycles. The SMILES string of the molecule is Cc1c(F)cccc1NS(=O)(=O)c1cnn(CCCN)c1. The number of anilines is 1. The van der Waals surface area contributed by atoms with E-state index < -0.39 is 15.8 Å². The van der Waals surface area contributed by atoms with Crippen molar-refractivity contribution in [3.8, 4) is 0 Å². The van der Waals surface area contributed by atoms with Crippen molar-refractivity contribution in [3.63, 3.8) is 0 Å². The van der Waals surface area contributed by atoms with Crippen LogP contribution >= 0.6 is 0 Å². The minimum Gasteiger partial charge on any atom is -0.330 e. The molecule has 0 bridgehead atoms. The van der Waals surface area contributed by atoms with Crippen LogP contribution in [0.4, 0.5) is 10.1 Å². The Bertz CT molecular complexity index is 728. The van der Waals surface area contributed by atoms with Gasteiger partial charge in [0, 0.05) is 18.3 Å². The lowest BCUT2D eigenvalue weighted by Gasteiger charge is -2.09. The molecule has 6 nitrogen and oxygen atoms in total. The normalized spacial score (nSPS) is 11.6. The van der Waals surface area contributed by atoms with Gasteiger partial charge in [0.05, 0.1) is 11.9 Å². The van der Waals surface area contributed by atoms with Crippen LogP contribution in [0.15, 0.2) is 35.5 Å². The van der Waals surface area contributed by atoms with Crippen molar-refractivity contribution in [2.45, 2.75) is 24.8 Å². The van der Waals surface area contributed by atoms with E-state index in [1.54, 1.807) is 0 Å². The largest absolute Gasteiger partial charge is 0.330 e. The summed E-state index contributed by atoms with van der Waals surface area (Å²) >= 11 is 0. The van der Waals surface area contributed by atoms with Crippen molar-refractivity contribution in [2.24, 2.45) is 5.73 Å². The number of nitrogens with two attached hydrogens (primary N) is 1. The number of benzene rings is 1. The van der Waals surface area contributed by atoms with E-state index in [0.717, 1.165) is 0 Å². The average Bonchev–Trinajstić information content (AvgIpc) is 2.91. The highest BCUT2D eigenvalue weighted by Gasteiger charge is 2.18. The van der Waals surface area contributed by atoms with Crippen LogP contribution < -0.4 is 10.5 Å². The van der Waals surface area contributed by atoms with Gasteiger partial charge < -0.3 is 5.73 Å². The molecule has 114 valence electrons. The van der Waals surface area contributed by atoms with Gasteiger partial charge in [0.2, 0.25) is 0 Å². The highest BCUT2D eigenvalue weighted by molar-refractivity contribution is 7.92. The quantitative estimate of drug-likeness (QED) is 0.845. The second-order valence-corrected chi connectivity index (χ2v) is 6.28. The predicted octanol–water partition coefficient (Wildman–Crippen LogP) is 1.48. The van der Waals surface area contributed by atoms with E-state index >= 15 is 0 Å². The Morgan fingerprint density at radius 1 is 1.43 bits per heavy atom. The van der Waals surface area contributed by atoms with E-state index in [9.17, 15) is 12.8 Å². The average molecular weight is 312 g/mol. The number of hydrogen-bond acceptors (Lipinski definition) is 4. The van der Waals surface area contributed by atoms with E-state index in [-0.39, 0.29) is 16.1 Å². The van der Waals surface area contributed by atoms with Crippen molar-refractivity contribution >= 4 is 15.7 Å². The summed E-state index contributed by atoms with van der Waals surface area (Å²) in [6.07, 6.45) is 3.39. The van der Waals surface area contributed by atoms with E-state index in [2.05, 4.69) is 9.82 Å². The van der Waals surface area contributed by atoms with Crippen LogP contribution in [0.3, 0.4) is 0 Å². The molecule has 0 spiro atoms. The van der Waals surface area contributed by atoms with Crippen molar-refractivity contribution < 1.29 is 12.8 Å². The number of halogens is 1. The number of aromatic nitrogens is 2. The number of rotatable bonds is 6. The molecule has 1 aromatic carbocycles. The molecular formula is C13H17FN4O2S. The minimum absolute atomic E-state index is 0.0307. The standard InChI is InChI=1S/C13H17FN4O2S/c1-10-12(14)4-2-5-13(10)17-21(19,20)11-8-16-18(9-11)7-3-6-15/h2,4-5,8-9,17H,3,6-7,15H2,1H3. The van der Waals surface area contributed by atoms with Gasteiger partial charge in [-0.15, -0.1) is 0 Å². The molecule has 0 aliphatic heterocycles. The summed E-state index contributed by atoms with van der Waals surface area (Å²) in [7, 11) is -3.79. The van der Waals surface area contributed by atoms with Gasteiger partial charge in [-0.2, -0.15) is 5.10 Å². The van der Waals surface area contributed by atoms with E-state index in [1.807, 2.05) is 0 Å². The topological polar surface area (TPSA) is 90.0 Å². The van der Waals surface area contributed by atoms with Crippen LogP contribution in [-0.4, -0.2) is 24.7 Å². The summed E-state index contributed by atoms with van der Waals surface area (Å²) < 4.78 is 41.8. The van der Waals surface area contributed by atoms with Crippen LogP contribution in [0, 0.1) is 12.7 Å². The molecule has 2 rings (SSSR count). The smallest absolute Gasteiger partial charge is 0.265 e. The van der Waals surface area contributed by atoms with Crippen molar-refractivity contribution in [1.29, 1.82) is 0 Å². The third-order valence-electron chi connectivity index (χ3n) is 3.02. The molecule has 0 saturated heterocycles. The second kappa shape index (κ2) is 6.23. The van der Waals surface area contributed by atoms with E-state index in [4.69, 9.17) is 5.73 Å². The number of hydrogen-bond donors (Lipinski definition) is 2. The van der Waals surface area contributed by atoms with Gasteiger partial charge in [0.15, 0.2) is 0 Å². The van der Waals surface area contributed by atoms with Crippen LogP contribution in [0.2, 0.25) is 0 Å². The van der Waals surface area contributed by atoms with Gasteiger partial charge in [-0.25, -0.2) is 12.8 Å². The molecule has 8 heteroatoms. The first-order chi connectivity index (χ1) is 9.94. The second-order valence-electron chi connectivity index (χ2n) is 4.60. The zero-order chi connectivity index (χ0) is 15.5. The lowest BCUT2D eigenvalue weighted by Crippen LogP contribution is -2.13. The summed E-state index contributed by atoms with van der Waals surface area (Å²) in [6, 6.07) is 4.23. The molecule has 21 heavy (non-hydrogen) atoms. The monoisotopic (exact) mass is 312 g/mol. The van der Waals surface area contributed by atoms with Crippen LogP contribution in [0.5, 0.6) is 0 Å². The fourth-order valence-corrected chi connectivity index (χ4v) is 2.86. The fraction of sp³-hybridized carbons (Fsp3) is 0.308. The Morgan fingerprint density at radius 2 is 2.19 bits per heavy atom. The van der Waals surface area contributed by atoms with Crippen LogP contribution in [-0.2, 0) is 16.6 Å². The van der Waals surface area contributed by atoms with Crippen molar-refractivity contribution in [1.82, 2.24) is 9.78 Å². The van der Waals surface area contributed by atoms with Crippen LogP contribution in [0.1, 0.15) is 12.0 Å². The predicted molar refractivity (Wildman–Crippen MR) is 77.8 cm³/mol. The summed E-state index contributed by atoms with van der Waals surface area (Å²) in [6.45, 7) is 2.56. The molecule has 0 radical (unpaired) electrons. The number of nitrogens with one attached hydrogen (secondary N) is 1. The van der Waals surface area contributed by atoms with Gasteiger partial charge in [-0.1, -0.05) is 6.07 Å². The Morgan fingerprint density at radius 3 is 2.90 bits per heavy atom. The maximum absolute atomic E-state index is 13.4.